The monoisotopic (exact) mass is 381 g/mol. The Bertz CT molecular complexity index is 883. The molecule has 1 amide bonds. The molecule has 1 fully saturated rings. The molecule has 0 spiro atoms. The van der Waals surface area contributed by atoms with Gasteiger partial charge >= 0.3 is 0 Å². The van der Waals surface area contributed by atoms with Gasteiger partial charge in [0.05, 0.1) is 10.3 Å². The van der Waals surface area contributed by atoms with Crippen LogP contribution in [-0.4, -0.2) is 27.5 Å². The van der Waals surface area contributed by atoms with E-state index in [0.29, 0.717) is 24.8 Å². The Kier molecular flexibility index (Phi) is 5.07. The minimum Gasteiger partial charge on any atom is -0.337 e. The van der Waals surface area contributed by atoms with Crippen LogP contribution in [0.15, 0.2) is 52.4 Å². The maximum Gasteiger partial charge on any atom is 0.246 e. The van der Waals surface area contributed by atoms with Crippen molar-refractivity contribution in [1.82, 2.24) is 15.0 Å². The number of rotatable bonds is 6. The van der Waals surface area contributed by atoms with Gasteiger partial charge in [-0.2, -0.15) is 4.98 Å². The summed E-state index contributed by atoms with van der Waals surface area (Å²) in [6.45, 7) is 2.97. The first kappa shape index (κ1) is 17.9. The SMILES string of the molecule is CCN(Cc1nc(-c2cccs2)no1)C(=O)C1(c2ccccc2)CCCC1. The molecular formula is C21H23N3O2S. The fraction of sp³-hybridized carbons (Fsp3) is 0.381. The van der Waals surface area contributed by atoms with E-state index in [1.165, 1.54) is 0 Å². The first-order valence-corrected chi connectivity index (χ1v) is 10.3. The molecule has 1 saturated carbocycles. The second-order valence-electron chi connectivity index (χ2n) is 6.96. The second kappa shape index (κ2) is 7.64. The van der Waals surface area contributed by atoms with Crippen LogP contribution in [0.5, 0.6) is 0 Å². The molecule has 1 aliphatic rings. The first-order chi connectivity index (χ1) is 13.2. The lowest BCUT2D eigenvalue weighted by molar-refractivity contribution is -0.138. The van der Waals surface area contributed by atoms with Crippen molar-refractivity contribution < 1.29 is 9.32 Å². The fourth-order valence-corrected chi connectivity index (χ4v) is 4.63. The Labute approximate surface area is 163 Å². The molecule has 2 aromatic heterocycles. The van der Waals surface area contributed by atoms with Crippen molar-refractivity contribution in [1.29, 1.82) is 0 Å². The summed E-state index contributed by atoms with van der Waals surface area (Å²) < 4.78 is 5.42. The Hall–Kier alpha value is -2.47. The molecule has 3 aromatic rings. The summed E-state index contributed by atoms with van der Waals surface area (Å²) in [7, 11) is 0. The van der Waals surface area contributed by atoms with Crippen molar-refractivity contribution in [2.45, 2.75) is 44.6 Å². The van der Waals surface area contributed by atoms with Gasteiger partial charge in [-0.3, -0.25) is 4.79 Å². The van der Waals surface area contributed by atoms with Gasteiger partial charge in [-0.05, 0) is 36.8 Å². The zero-order valence-electron chi connectivity index (χ0n) is 15.4. The molecule has 4 rings (SSSR count). The topological polar surface area (TPSA) is 59.2 Å². The van der Waals surface area contributed by atoms with E-state index in [0.717, 1.165) is 36.1 Å². The zero-order valence-corrected chi connectivity index (χ0v) is 16.2. The van der Waals surface area contributed by atoms with Gasteiger partial charge in [-0.15, -0.1) is 11.3 Å². The lowest BCUT2D eigenvalue weighted by atomic mass is 9.77. The standard InChI is InChI=1S/C21H23N3O2S/c1-2-24(15-18-22-19(23-26-18)17-11-8-14-27-17)20(25)21(12-6-7-13-21)16-9-4-3-5-10-16/h3-5,8-11,14H,2,6-7,12-13,15H2,1H3. The van der Waals surface area contributed by atoms with Crippen LogP contribution in [0.1, 0.15) is 44.1 Å². The third-order valence-electron chi connectivity index (χ3n) is 5.40. The number of carbonyl (C=O) groups is 1. The Morgan fingerprint density at radius 3 is 2.63 bits per heavy atom. The highest BCUT2D eigenvalue weighted by atomic mass is 32.1. The molecule has 5 nitrogen and oxygen atoms in total. The van der Waals surface area contributed by atoms with Gasteiger partial charge in [0.1, 0.15) is 6.54 Å². The van der Waals surface area contributed by atoms with Crippen LogP contribution in [0.2, 0.25) is 0 Å². The fourth-order valence-electron chi connectivity index (χ4n) is 3.98. The van der Waals surface area contributed by atoms with Crippen LogP contribution < -0.4 is 0 Å². The molecule has 0 aliphatic heterocycles. The van der Waals surface area contributed by atoms with Gasteiger partial charge in [0.15, 0.2) is 0 Å². The van der Waals surface area contributed by atoms with E-state index in [4.69, 9.17) is 4.52 Å². The number of benzene rings is 1. The molecule has 2 heterocycles. The van der Waals surface area contributed by atoms with Crippen molar-refractivity contribution in [2.24, 2.45) is 0 Å². The van der Waals surface area contributed by atoms with Crippen LogP contribution in [0.25, 0.3) is 10.7 Å². The number of amides is 1. The van der Waals surface area contributed by atoms with E-state index in [-0.39, 0.29) is 5.91 Å². The molecule has 1 aromatic carbocycles. The number of hydrogen-bond acceptors (Lipinski definition) is 5. The van der Waals surface area contributed by atoms with Gasteiger partial charge in [-0.25, -0.2) is 0 Å². The molecule has 6 heteroatoms. The van der Waals surface area contributed by atoms with E-state index >= 15 is 0 Å². The van der Waals surface area contributed by atoms with Crippen LogP contribution in [-0.2, 0) is 16.8 Å². The van der Waals surface area contributed by atoms with E-state index < -0.39 is 5.41 Å². The van der Waals surface area contributed by atoms with E-state index in [1.807, 2.05) is 47.5 Å². The normalized spacial score (nSPS) is 15.7. The maximum absolute atomic E-state index is 13.6. The minimum atomic E-state index is -0.423. The van der Waals surface area contributed by atoms with Gasteiger partial charge in [0.2, 0.25) is 17.6 Å². The van der Waals surface area contributed by atoms with E-state index in [2.05, 4.69) is 22.3 Å². The molecule has 0 N–H and O–H groups in total. The highest BCUT2D eigenvalue weighted by Gasteiger charge is 2.44. The average molecular weight is 382 g/mol. The molecule has 0 radical (unpaired) electrons. The predicted molar refractivity (Wildman–Crippen MR) is 105 cm³/mol. The largest absolute Gasteiger partial charge is 0.337 e. The smallest absolute Gasteiger partial charge is 0.246 e. The van der Waals surface area contributed by atoms with Gasteiger partial charge in [-0.1, -0.05) is 54.4 Å². The number of thiophene rings is 1. The molecular weight excluding hydrogens is 358 g/mol. The van der Waals surface area contributed by atoms with Gasteiger partial charge in [0.25, 0.3) is 0 Å². The van der Waals surface area contributed by atoms with Crippen molar-refractivity contribution in [3.63, 3.8) is 0 Å². The van der Waals surface area contributed by atoms with Crippen LogP contribution in [0, 0.1) is 0 Å². The minimum absolute atomic E-state index is 0.171. The summed E-state index contributed by atoms with van der Waals surface area (Å²) >= 11 is 1.57. The summed E-state index contributed by atoms with van der Waals surface area (Å²) in [6.07, 6.45) is 3.97. The van der Waals surface area contributed by atoms with Crippen molar-refractivity contribution >= 4 is 17.2 Å². The second-order valence-corrected chi connectivity index (χ2v) is 7.91. The van der Waals surface area contributed by atoms with Crippen LogP contribution >= 0.6 is 11.3 Å². The van der Waals surface area contributed by atoms with Crippen molar-refractivity contribution in [3.8, 4) is 10.7 Å². The van der Waals surface area contributed by atoms with Gasteiger partial charge in [0, 0.05) is 6.54 Å². The molecule has 0 saturated heterocycles. The Morgan fingerprint density at radius 1 is 1.19 bits per heavy atom. The lowest BCUT2D eigenvalue weighted by Crippen LogP contribution is -2.45. The highest BCUT2D eigenvalue weighted by molar-refractivity contribution is 7.13. The van der Waals surface area contributed by atoms with Gasteiger partial charge < -0.3 is 9.42 Å². The summed E-state index contributed by atoms with van der Waals surface area (Å²) in [5, 5.41) is 6.05. The van der Waals surface area contributed by atoms with Crippen molar-refractivity contribution in [3.05, 3.63) is 59.3 Å². The number of hydrogen-bond donors (Lipinski definition) is 0. The first-order valence-electron chi connectivity index (χ1n) is 9.44. The molecule has 0 atom stereocenters. The van der Waals surface area contributed by atoms with Crippen LogP contribution in [0.4, 0.5) is 0 Å². The average Bonchev–Trinajstić information content (AvgIpc) is 3.48. The third-order valence-corrected chi connectivity index (χ3v) is 6.26. The Morgan fingerprint density at radius 2 is 1.96 bits per heavy atom. The van der Waals surface area contributed by atoms with E-state index in [9.17, 15) is 4.79 Å². The number of likely N-dealkylation sites (N-methyl/N-ethyl adjacent to an activating group) is 1. The quantitative estimate of drug-likeness (QED) is 0.623. The summed E-state index contributed by atoms with van der Waals surface area (Å²) in [5.74, 6) is 1.24. The summed E-state index contributed by atoms with van der Waals surface area (Å²) in [4.78, 5) is 20.9. The predicted octanol–water partition coefficient (Wildman–Crippen LogP) is 4.66. The zero-order chi connectivity index (χ0) is 18.7. The highest BCUT2D eigenvalue weighted by Crippen LogP contribution is 2.42. The molecule has 1 aliphatic carbocycles. The molecule has 0 unspecified atom stereocenters. The Balaban J connectivity index is 1.57. The molecule has 27 heavy (non-hydrogen) atoms. The summed E-state index contributed by atoms with van der Waals surface area (Å²) in [5.41, 5.74) is 0.698. The third kappa shape index (κ3) is 3.41. The van der Waals surface area contributed by atoms with Crippen LogP contribution in [0.3, 0.4) is 0 Å². The number of aromatic nitrogens is 2. The van der Waals surface area contributed by atoms with Crippen molar-refractivity contribution in [2.75, 3.05) is 6.54 Å². The maximum atomic E-state index is 13.6. The number of carbonyl (C=O) groups excluding carboxylic acids is 1. The summed E-state index contributed by atoms with van der Waals surface area (Å²) in [6, 6.07) is 14.1. The molecule has 0 bridgehead atoms. The lowest BCUT2D eigenvalue weighted by Gasteiger charge is -2.33. The van der Waals surface area contributed by atoms with E-state index in [1.54, 1.807) is 11.3 Å². The molecule has 140 valence electrons. The number of nitrogens with zero attached hydrogens (tertiary/aromatic N) is 3.